The number of oxazole rings is 1. The molecular formula is C13H14ClFN2O. The van der Waals surface area contributed by atoms with Crippen molar-refractivity contribution >= 4 is 22.7 Å². The molecular weight excluding hydrogens is 255 g/mol. The van der Waals surface area contributed by atoms with Gasteiger partial charge in [-0.25, -0.2) is 9.37 Å². The van der Waals surface area contributed by atoms with E-state index in [1.165, 1.54) is 12.1 Å². The highest BCUT2D eigenvalue weighted by Crippen LogP contribution is 2.33. The number of rotatable bonds is 1. The summed E-state index contributed by atoms with van der Waals surface area (Å²) in [4.78, 5) is 4.38. The summed E-state index contributed by atoms with van der Waals surface area (Å²) in [6.45, 7) is 3.00. The molecule has 2 heterocycles. The Hall–Kier alpha value is -1.13. The van der Waals surface area contributed by atoms with Gasteiger partial charge in [-0.15, -0.1) is 0 Å². The minimum absolute atomic E-state index is 0.267. The molecule has 1 aromatic carbocycles. The number of nitrogens with one attached hydrogen (secondary N) is 1. The van der Waals surface area contributed by atoms with Crippen molar-refractivity contribution in [2.75, 3.05) is 6.54 Å². The fourth-order valence-corrected chi connectivity index (χ4v) is 2.67. The Labute approximate surface area is 109 Å². The van der Waals surface area contributed by atoms with Crippen LogP contribution in [0.5, 0.6) is 0 Å². The van der Waals surface area contributed by atoms with Crippen LogP contribution >= 0.6 is 11.6 Å². The number of hydrogen-bond acceptors (Lipinski definition) is 3. The molecule has 1 fully saturated rings. The molecule has 0 spiro atoms. The summed E-state index contributed by atoms with van der Waals surface area (Å²) in [7, 11) is 0. The smallest absolute Gasteiger partial charge is 0.215 e. The molecule has 2 aromatic rings. The standard InChI is InChI=1S/C13H14ClFN2O/c1-13(4-2-3-5-16-13)12-17-10-7-8(15)6-9(14)11(10)18-12/h6-7,16H,2-5H2,1H3. The lowest BCUT2D eigenvalue weighted by molar-refractivity contribution is 0.232. The summed E-state index contributed by atoms with van der Waals surface area (Å²) in [5.74, 6) is 0.193. The van der Waals surface area contributed by atoms with Gasteiger partial charge < -0.3 is 9.73 Å². The van der Waals surface area contributed by atoms with E-state index in [1.807, 2.05) is 0 Å². The second kappa shape index (κ2) is 4.21. The normalized spacial score (nSPS) is 24.6. The predicted molar refractivity (Wildman–Crippen MR) is 68.2 cm³/mol. The van der Waals surface area contributed by atoms with Gasteiger partial charge in [0, 0.05) is 6.07 Å². The fraction of sp³-hybridized carbons (Fsp3) is 0.462. The number of hydrogen-bond donors (Lipinski definition) is 1. The van der Waals surface area contributed by atoms with Crippen molar-refractivity contribution in [1.29, 1.82) is 0 Å². The lowest BCUT2D eigenvalue weighted by atomic mass is 9.91. The highest BCUT2D eigenvalue weighted by Gasteiger charge is 2.33. The van der Waals surface area contributed by atoms with Crippen LogP contribution in [0, 0.1) is 5.82 Å². The van der Waals surface area contributed by atoms with Crippen molar-refractivity contribution in [2.45, 2.75) is 31.7 Å². The maximum Gasteiger partial charge on any atom is 0.215 e. The second-order valence-corrected chi connectivity index (χ2v) is 5.38. The van der Waals surface area contributed by atoms with Crippen LogP contribution in [0.1, 0.15) is 32.1 Å². The SMILES string of the molecule is CC1(c2nc3cc(F)cc(Cl)c3o2)CCCCN1. The number of nitrogens with zero attached hydrogens (tertiary/aromatic N) is 1. The van der Waals surface area contributed by atoms with E-state index in [4.69, 9.17) is 16.0 Å². The Morgan fingerprint density at radius 2 is 2.28 bits per heavy atom. The summed E-state index contributed by atoms with van der Waals surface area (Å²) in [6, 6.07) is 2.59. The molecule has 0 saturated carbocycles. The third-order valence-corrected chi connectivity index (χ3v) is 3.78. The van der Waals surface area contributed by atoms with Gasteiger partial charge in [0.1, 0.15) is 11.3 Å². The van der Waals surface area contributed by atoms with Crippen molar-refractivity contribution in [3.05, 3.63) is 28.9 Å². The summed E-state index contributed by atoms with van der Waals surface area (Å²) in [5, 5.41) is 3.68. The zero-order valence-electron chi connectivity index (χ0n) is 10.1. The Morgan fingerprint density at radius 3 is 3.00 bits per heavy atom. The first-order valence-electron chi connectivity index (χ1n) is 6.10. The maximum absolute atomic E-state index is 13.3. The van der Waals surface area contributed by atoms with Gasteiger partial charge in [0.2, 0.25) is 5.89 Å². The molecule has 1 aliphatic heterocycles. The van der Waals surface area contributed by atoms with E-state index in [9.17, 15) is 4.39 Å². The highest BCUT2D eigenvalue weighted by molar-refractivity contribution is 6.34. The number of piperidine rings is 1. The van der Waals surface area contributed by atoms with Gasteiger partial charge in [-0.2, -0.15) is 0 Å². The first-order chi connectivity index (χ1) is 8.58. The molecule has 0 bridgehead atoms. The van der Waals surface area contributed by atoms with Gasteiger partial charge in [0.15, 0.2) is 5.58 Å². The quantitative estimate of drug-likeness (QED) is 0.859. The molecule has 1 N–H and O–H groups in total. The van der Waals surface area contributed by atoms with Crippen LogP contribution in [0.2, 0.25) is 5.02 Å². The Bertz CT molecular complexity index is 590. The van der Waals surface area contributed by atoms with Gasteiger partial charge >= 0.3 is 0 Å². The van der Waals surface area contributed by atoms with Crippen LogP contribution in [-0.2, 0) is 5.54 Å². The van der Waals surface area contributed by atoms with E-state index >= 15 is 0 Å². The lowest BCUT2D eigenvalue weighted by Gasteiger charge is -2.31. The first-order valence-corrected chi connectivity index (χ1v) is 6.47. The average Bonchev–Trinajstić information content (AvgIpc) is 2.74. The third kappa shape index (κ3) is 1.89. The molecule has 3 nitrogen and oxygen atoms in total. The summed E-state index contributed by atoms with van der Waals surface area (Å²) < 4.78 is 19.0. The molecule has 0 radical (unpaired) electrons. The monoisotopic (exact) mass is 268 g/mol. The van der Waals surface area contributed by atoms with Crippen molar-refractivity contribution in [3.63, 3.8) is 0 Å². The molecule has 1 atom stereocenters. The summed E-state index contributed by atoms with van der Waals surface area (Å²) in [6.07, 6.45) is 3.25. The zero-order chi connectivity index (χ0) is 12.8. The molecule has 0 amide bonds. The van der Waals surface area contributed by atoms with Crippen LogP contribution in [0.25, 0.3) is 11.1 Å². The molecule has 18 heavy (non-hydrogen) atoms. The first kappa shape index (κ1) is 11.9. The molecule has 0 aliphatic carbocycles. The van der Waals surface area contributed by atoms with Gasteiger partial charge in [-0.1, -0.05) is 11.6 Å². The van der Waals surface area contributed by atoms with Crippen LogP contribution in [-0.4, -0.2) is 11.5 Å². The van der Waals surface area contributed by atoms with Crippen LogP contribution in [0.15, 0.2) is 16.5 Å². The van der Waals surface area contributed by atoms with E-state index in [0.717, 1.165) is 25.8 Å². The van der Waals surface area contributed by atoms with Crippen molar-refractivity contribution in [1.82, 2.24) is 10.3 Å². The molecule has 1 saturated heterocycles. The topological polar surface area (TPSA) is 38.1 Å². The van der Waals surface area contributed by atoms with Gasteiger partial charge in [0.05, 0.1) is 10.6 Å². The highest BCUT2D eigenvalue weighted by atomic mass is 35.5. The van der Waals surface area contributed by atoms with Gasteiger partial charge in [0.25, 0.3) is 0 Å². The minimum Gasteiger partial charge on any atom is -0.437 e. The van der Waals surface area contributed by atoms with Crippen LogP contribution in [0.3, 0.4) is 0 Å². The fourth-order valence-electron chi connectivity index (χ4n) is 2.43. The van der Waals surface area contributed by atoms with Crippen molar-refractivity contribution in [2.24, 2.45) is 0 Å². The minimum atomic E-state index is -0.394. The van der Waals surface area contributed by atoms with E-state index in [0.29, 0.717) is 17.0 Å². The van der Waals surface area contributed by atoms with Gasteiger partial charge in [-0.3, -0.25) is 0 Å². The number of benzene rings is 1. The predicted octanol–water partition coefficient (Wildman–Crippen LogP) is 3.61. The van der Waals surface area contributed by atoms with E-state index in [1.54, 1.807) is 0 Å². The molecule has 1 aliphatic rings. The van der Waals surface area contributed by atoms with Crippen LogP contribution < -0.4 is 5.32 Å². The largest absolute Gasteiger partial charge is 0.437 e. The van der Waals surface area contributed by atoms with Crippen molar-refractivity contribution < 1.29 is 8.81 Å². The second-order valence-electron chi connectivity index (χ2n) is 4.97. The molecule has 96 valence electrons. The Balaban J connectivity index is 2.10. The lowest BCUT2D eigenvalue weighted by Crippen LogP contribution is -2.43. The Kier molecular flexibility index (Phi) is 2.79. The summed E-state index contributed by atoms with van der Waals surface area (Å²) >= 11 is 5.97. The zero-order valence-corrected chi connectivity index (χ0v) is 10.9. The summed E-state index contributed by atoms with van der Waals surface area (Å²) in [5.41, 5.74) is 0.655. The van der Waals surface area contributed by atoms with Crippen molar-refractivity contribution in [3.8, 4) is 0 Å². The Morgan fingerprint density at radius 1 is 1.44 bits per heavy atom. The van der Waals surface area contributed by atoms with E-state index < -0.39 is 5.82 Å². The molecule has 5 heteroatoms. The van der Waals surface area contributed by atoms with Gasteiger partial charge in [-0.05, 0) is 38.8 Å². The van der Waals surface area contributed by atoms with Crippen LogP contribution in [0.4, 0.5) is 4.39 Å². The molecule has 1 aromatic heterocycles. The number of halogens is 2. The van der Waals surface area contributed by atoms with E-state index in [-0.39, 0.29) is 10.6 Å². The molecule has 1 unspecified atom stereocenters. The number of fused-ring (bicyclic) bond motifs is 1. The third-order valence-electron chi connectivity index (χ3n) is 3.50. The average molecular weight is 269 g/mol. The molecule has 3 rings (SSSR count). The number of aromatic nitrogens is 1. The van der Waals surface area contributed by atoms with E-state index in [2.05, 4.69) is 17.2 Å². The maximum atomic E-state index is 13.3.